The maximum absolute atomic E-state index is 11.9. The number of ether oxygens (including phenoxy) is 1. The van der Waals surface area contributed by atoms with Crippen LogP contribution in [0.25, 0.3) is 0 Å². The maximum atomic E-state index is 11.9. The van der Waals surface area contributed by atoms with Crippen molar-refractivity contribution in [3.63, 3.8) is 0 Å². The Hall–Kier alpha value is -2.05. The predicted molar refractivity (Wildman–Crippen MR) is 94.1 cm³/mol. The highest BCUT2D eigenvalue weighted by atomic mass is 79.9. The predicted octanol–water partition coefficient (Wildman–Crippen LogP) is 3.84. The lowest BCUT2D eigenvalue weighted by atomic mass is 10.1. The Kier molecular flexibility index (Phi) is 6.23. The Morgan fingerprint density at radius 3 is 2.67 bits per heavy atom. The van der Waals surface area contributed by atoms with Crippen LogP contribution >= 0.6 is 27.5 Å². The molecule has 0 spiro atoms. The minimum absolute atomic E-state index is 0.0500. The zero-order valence-corrected chi connectivity index (χ0v) is 15.1. The van der Waals surface area contributed by atoms with E-state index in [4.69, 9.17) is 16.3 Å². The molecule has 7 heteroatoms. The molecule has 0 radical (unpaired) electrons. The third-order valence-electron chi connectivity index (χ3n) is 3.26. The van der Waals surface area contributed by atoms with E-state index < -0.39 is 18.5 Å². The quantitative estimate of drug-likeness (QED) is 0.732. The summed E-state index contributed by atoms with van der Waals surface area (Å²) in [6.07, 6.45) is 0. The van der Waals surface area contributed by atoms with Gasteiger partial charge in [-0.25, -0.2) is 4.79 Å². The van der Waals surface area contributed by atoms with Crippen molar-refractivity contribution in [3.05, 3.63) is 63.1 Å². The molecule has 2 aromatic carbocycles. The molecule has 0 unspecified atom stereocenters. The third kappa shape index (κ3) is 4.72. The summed E-state index contributed by atoms with van der Waals surface area (Å²) < 4.78 is 5.79. The minimum Gasteiger partial charge on any atom is -0.507 e. The van der Waals surface area contributed by atoms with Gasteiger partial charge in [0.2, 0.25) is 0 Å². The van der Waals surface area contributed by atoms with Crippen molar-refractivity contribution < 1.29 is 19.4 Å². The number of hydrogen-bond donors (Lipinski definition) is 2. The molecule has 1 amide bonds. The normalized spacial score (nSPS) is 11.6. The smallest absolute Gasteiger partial charge is 0.342 e. The summed E-state index contributed by atoms with van der Waals surface area (Å²) in [5, 5.41) is 12.7. The molecule has 0 heterocycles. The lowest BCUT2D eigenvalue weighted by Crippen LogP contribution is -2.31. The number of aromatic hydroxyl groups is 1. The largest absolute Gasteiger partial charge is 0.507 e. The molecule has 0 aliphatic rings. The zero-order chi connectivity index (χ0) is 17.7. The van der Waals surface area contributed by atoms with E-state index in [0.717, 1.165) is 10.0 Å². The zero-order valence-electron chi connectivity index (χ0n) is 12.8. The molecular weight excluding hydrogens is 398 g/mol. The number of nitrogens with one attached hydrogen (secondary N) is 1. The fourth-order valence-electron chi connectivity index (χ4n) is 2.07. The highest BCUT2D eigenvalue weighted by Gasteiger charge is 2.16. The van der Waals surface area contributed by atoms with Crippen molar-refractivity contribution in [1.82, 2.24) is 5.32 Å². The summed E-state index contributed by atoms with van der Waals surface area (Å²) in [5.41, 5.74) is 0.860. The number of phenolic OH excluding ortho intramolecular Hbond substituents is 1. The second-order valence-electron chi connectivity index (χ2n) is 5.05. The van der Waals surface area contributed by atoms with Crippen LogP contribution in [0.1, 0.15) is 28.9 Å². The number of halogens is 2. The number of hydrogen-bond acceptors (Lipinski definition) is 4. The Balaban J connectivity index is 1.91. The van der Waals surface area contributed by atoms with E-state index in [2.05, 4.69) is 21.2 Å². The Morgan fingerprint density at radius 2 is 2.00 bits per heavy atom. The van der Waals surface area contributed by atoms with Crippen LogP contribution in [0.5, 0.6) is 5.75 Å². The average molecular weight is 413 g/mol. The second kappa shape index (κ2) is 8.17. The lowest BCUT2D eigenvalue weighted by molar-refractivity contribution is -0.124. The highest BCUT2D eigenvalue weighted by molar-refractivity contribution is 9.10. The van der Waals surface area contributed by atoms with E-state index in [1.807, 2.05) is 31.2 Å². The average Bonchev–Trinajstić information content (AvgIpc) is 2.53. The summed E-state index contributed by atoms with van der Waals surface area (Å²) in [6, 6.07) is 11.3. The molecule has 1 atom stereocenters. The van der Waals surface area contributed by atoms with Gasteiger partial charge < -0.3 is 15.2 Å². The van der Waals surface area contributed by atoms with Crippen LogP contribution in [-0.2, 0) is 9.53 Å². The van der Waals surface area contributed by atoms with Crippen LogP contribution < -0.4 is 5.32 Å². The molecule has 2 N–H and O–H groups in total. The van der Waals surface area contributed by atoms with E-state index >= 15 is 0 Å². The van der Waals surface area contributed by atoms with Crippen LogP contribution in [0.3, 0.4) is 0 Å². The van der Waals surface area contributed by atoms with Gasteiger partial charge in [-0.1, -0.05) is 45.7 Å². The molecule has 0 aromatic heterocycles. The maximum Gasteiger partial charge on any atom is 0.342 e. The van der Waals surface area contributed by atoms with Crippen LogP contribution in [-0.4, -0.2) is 23.6 Å². The molecule has 2 rings (SSSR count). The lowest BCUT2D eigenvalue weighted by Gasteiger charge is -2.16. The van der Waals surface area contributed by atoms with Gasteiger partial charge in [-0.2, -0.15) is 0 Å². The molecule has 0 fully saturated rings. The Bertz CT molecular complexity index is 766. The summed E-state index contributed by atoms with van der Waals surface area (Å²) in [4.78, 5) is 23.8. The summed E-state index contributed by atoms with van der Waals surface area (Å²) in [6.45, 7) is 1.38. The van der Waals surface area contributed by atoms with Crippen LogP contribution in [0, 0.1) is 0 Å². The molecular formula is C17H15BrClNO4. The van der Waals surface area contributed by atoms with Gasteiger partial charge in [-0.15, -0.1) is 0 Å². The molecule has 2 aromatic rings. The fraction of sp³-hybridized carbons (Fsp3) is 0.176. The second-order valence-corrected chi connectivity index (χ2v) is 6.34. The third-order valence-corrected chi connectivity index (χ3v) is 4.22. The van der Waals surface area contributed by atoms with Crippen molar-refractivity contribution in [2.45, 2.75) is 13.0 Å². The van der Waals surface area contributed by atoms with Crippen molar-refractivity contribution in [2.75, 3.05) is 6.61 Å². The molecule has 0 saturated heterocycles. The molecule has 126 valence electrons. The van der Waals surface area contributed by atoms with Crippen LogP contribution in [0.4, 0.5) is 0 Å². The van der Waals surface area contributed by atoms with E-state index in [1.165, 1.54) is 18.2 Å². The SMILES string of the molecule is C[C@@H](NC(=O)COC(=O)c1ccc(Cl)cc1O)c1ccccc1Br. The number of carbonyl (C=O) groups excluding carboxylic acids is 2. The van der Waals surface area contributed by atoms with E-state index in [-0.39, 0.29) is 17.4 Å². The number of benzene rings is 2. The Labute approximate surface area is 152 Å². The van der Waals surface area contributed by atoms with Gasteiger partial charge in [-0.05, 0) is 36.8 Å². The minimum atomic E-state index is -0.798. The van der Waals surface area contributed by atoms with E-state index in [9.17, 15) is 14.7 Å². The molecule has 5 nitrogen and oxygen atoms in total. The Morgan fingerprint density at radius 1 is 1.29 bits per heavy atom. The first kappa shape index (κ1) is 18.3. The topological polar surface area (TPSA) is 75.6 Å². The van der Waals surface area contributed by atoms with Crippen molar-refractivity contribution in [1.29, 1.82) is 0 Å². The van der Waals surface area contributed by atoms with E-state index in [1.54, 1.807) is 0 Å². The summed E-state index contributed by atoms with van der Waals surface area (Å²) in [7, 11) is 0. The van der Waals surface area contributed by atoms with E-state index in [0.29, 0.717) is 5.02 Å². The molecule has 0 bridgehead atoms. The van der Waals surface area contributed by atoms with Gasteiger partial charge in [-0.3, -0.25) is 4.79 Å². The molecule has 0 aliphatic carbocycles. The monoisotopic (exact) mass is 411 g/mol. The first-order valence-electron chi connectivity index (χ1n) is 7.08. The standard InChI is InChI=1S/C17H15BrClNO4/c1-10(12-4-2-3-5-14(12)18)20-16(22)9-24-17(23)13-7-6-11(19)8-15(13)21/h2-8,10,21H,9H2,1H3,(H,20,22)/t10-/m1/s1. The molecule has 24 heavy (non-hydrogen) atoms. The first-order chi connectivity index (χ1) is 11.4. The van der Waals surface area contributed by atoms with Gasteiger partial charge >= 0.3 is 5.97 Å². The van der Waals surface area contributed by atoms with Gasteiger partial charge in [0, 0.05) is 9.50 Å². The summed E-state index contributed by atoms with van der Waals surface area (Å²) >= 11 is 9.12. The number of amides is 1. The van der Waals surface area contributed by atoms with Crippen LogP contribution in [0.15, 0.2) is 46.9 Å². The van der Waals surface area contributed by atoms with Gasteiger partial charge in [0.25, 0.3) is 5.91 Å². The number of phenols is 1. The number of rotatable bonds is 5. The van der Waals surface area contributed by atoms with Crippen molar-refractivity contribution in [3.8, 4) is 5.75 Å². The highest BCUT2D eigenvalue weighted by Crippen LogP contribution is 2.23. The van der Waals surface area contributed by atoms with Crippen molar-refractivity contribution >= 4 is 39.4 Å². The van der Waals surface area contributed by atoms with Crippen molar-refractivity contribution in [2.24, 2.45) is 0 Å². The van der Waals surface area contributed by atoms with Gasteiger partial charge in [0.1, 0.15) is 11.3 Å². The van der Waals surface area contributed by atoms with Gasteiger partial charge in [0.15, 0.2) is 6.61 Å². The first-order valence-corrected chi connectivity index (χ1v) is 8.25. The molecule has 0 saturated carbocycles. The van der Waals surface area contributed by atoms with Gasteiger partial charge in [0.05, 0.1) is 6.04 Å². The number of carbonyl (C=O) groups is 2. The molecule has 0 aliphatic heterocycles. The number of esters is 1. The fourth-order valence-corrected chi connectivity index (χ4v) is 2.87. The van der Waals surface area contributed by atoms with Crippen LogP contribution in [0.2, 0.25) is 5.02 Å². The summed E-state index contributed by atoms with van der Waals surface area (Å²) in [5.74, 6) is -1.54.